The van der Waals surface area contributed by atoms with Gasteiger partial charge in [0.25, 0.3) is 0 Å². The summed E-state index contributed by atoms with van der Waals surface area (Å²) < 4.78 is 15.7. The molecule has 0 saturated carbocycles. The molecule has 0 amide bonds. The lowest BCUT2D eigenvalue weighted by atomic mass is 10.1. The monoisotopic (exact) mass is 329 g/mol. The molecule has 0 aliphatic heterocycles. The predicted octanol–water partition coefficient (Wildman–Crippen LogP) is 3.70. The second-order valence-electron chi connectivity index (χ2n) is 4.81. The van der Waals surface area contributed by atoms with Crippen LogP contribution in [-0.2, 0) is 22.6 Å². The first-order chi connectivity index (χ1) is 11.2. The molecule has 3 rings (SSSR count). The highest BCUT2D eigenvalue weighted by Gasteiger charge is 2.08. The van der Waals surface area contributed by atoms with E-state index in [4.69, 9.17) is 9.15 Å². The number of carbonyl (C=O) groups is 1. The molecule has 0 bridgehead atoms. The average molecular weight is 329 g/mol. The van der Waals surface area contributed by atoms with Crippen molar-refractivity contribution in [2.24, 2.45) is 0 Å². The largest absolute Gasteiger partial charge is 0.487 e. The number of thiophene rings is 1. The molecule has 3 aromatic rings. The van der Waals surface area contributed by atoms with Crippen molar-refractivity contribution >= 4 is 17.3 Å². The molecule has 0 atom stereocenters. The van der Waals surface area contributed by atoms with Gasteiger partial charge in [0.1, 0.15) is 24.3 Å². The Morgan fingerprint density at radius 3 is 2.78 bits per heavy atom. The molecule has 118 valence electrons. The van der Waals surface area contributed by atoms with Gasteiger partial charge in [0.2, 0.25) is 5.89 Å². The maximum absolute atomic E-state index is 11.2. The molecule has 0 saturated heterocycles. The summed E-state index contributed by atoms with van der Waals surface area (Å²) in [5.74, 6) is 1.05. The van der Waals surface area contributed by atoms with Gasteiger partial charge in [-0.15, -0.1) is 11.3 Å². The summed E-state index contributed by atoms with van der Waals surface area (Å²) >= 11 is 1.58. The van der Waals surface area contributed by atoms with E-state index in [0.717, 1.165) is 16.1 Å². The number of aromatic nitrogens is 1. The lowest BCUT2D eigenvalue weighted by Gasteiger charge is -2.05. The molecule has 2 heterocycles. The molecular weight excluding hydrogens is 314 g/mol. The minimum absolute atomic E-state index is 0.254. The number of rotatable bonds is 6. The van der Waals surface area contributed by atoms with Crippen molar-refractivity contribution < 1.29 is 18.7 Å². The predicted molar refractivity (Wildman–Crippen MR) is 86.3 cm³/mol. The fourth-order valence-corrected chi connectivity index (χ4v) is 2.64. The van der Waals surface area contributed by atoms with Crippen molar-refractivity contribution in [1.82, 2.24) is 4.98 Å². The smallest absolute Gasteiger partial charge is 0.309 e. The third-order valence-corrected chi connectivity index (χ3v) is 4.03. The summed E-state index contributed by atoms with van der Waals surface area (Å²) in [4.78, 5) is 16.6. The molecule has 0 aliphatic rings. The maximum Gasteiger partial charge on any atom is 0.309 e. The van der Waals surface area contributed by atoms with Crippen LogP contribution in [0.3, 0.4) is 0 Å². The number of carbonyl (C=O) groups excluding carboxylic acids is 1. The van der Waals surface area contributed by atoms with Crippen molar-refractivity contribution in [2.75, 3.05) is 7.11 Å². The van der Waals surface area contributed by atoms with E-state index in [1.165, 1.54) is 7.11 Å². The van der Waals surface area contributed by atoms with Crippen LogP contribution in [0.15, 0.2) is 52.5 Å². The molecule has 23 heavy (non-hydrogen) atoms. The molecule has 0 aliphatic carbocycles. The minimum Gasteiger partial charge on any atom is -0.487 e. The van der Waals surface area contributed by atoms with Crippen LogP contribution in [0.1, 0.15) is 11.3 Å². The van der Waals surface area contributed by atoms with Gasteiger partial charge in [0, 0.05) is 0 Å². The molecule has 0 N–H and O–H groups in total. The van der Waals surface area contributed by atoms with Crippen LogP contribution >= 0.6 is 11.3 Å². The molecule has 0 radical (unpaired) electrons. The van der Waals surface area contributed by atoms with Gasteiger partial charge in [-0.2, -0.15) is 0 Å². The molecular formula is C17H15NO4S. The number of hydrogen-bond acceptors (Lipinski definition) is 6. The number of ether oxygens (including phenoxy) is 2. The van der Waals surface area contributed by atoms with Gasteiger partial charge in [-0.25, -0.2) is 4.98 Å². The van der Waals surface area contributed by atoms with E-state index in [9.17, 15) is 4.79 Å². The van der Waals surface area contributed by atoms with Gasteiger partial charge < -0.3 is 13.9 Å². The Kier molecular flexibility index (Phi) is 4.73. The Bertz CT molecular complexity index is 762. The molecule has 0 fully saturated rings. The van der Waals surface area contributed by atoms with Crippen molar-refractivity contribution in [3.8, 4) is 16.5 Å². The van der Waals surface area contributed by atoms with E-state index < -0.39 is 0 Å². The molecule has 0 unspecified atom stereocenters. The topological polar surface area (TPSA) is 61.6 Å². The number of benzene rings is 1. The zero-order chi connectivity index (χ0) is 16.1. The summed E-state index contributed by atoms with van der Waals surface area (Å²) in [6.07, 6.45) is 1.85. The van der Waals surface area contributed by atoms with Gasteiger partial charge in [0.15, 0.2) is 0 Å². The number of nitrogens with zero attached hydrogens (tertiary/aromatic N) is 1. The van der Waals surface area contributed by atoms with E-state index in [2.05, 4.69) is 9.72 Å². The number of methoxy groups -OCH3 is 1. The highest BCUT2D eigenvalue weighted by molar-refractivity contribution is 7.13. The molecule has 1 aromatic carbocycles. The summed E-state index contributed by atoms with van der Waals surface area (Å²) in [6, 6.07) is 11.2. The van der Waals surface area contributed by atoms with Crippen molar-refractivity contribution in [3.05, 3.63) is 59.3 Å². The van der Waals surface area contributed by atoms with Crippen LogP contribution in [0.4, 0.5) is 0 Å². The fourth-order valence-electron chi connectivity index (χ4n) is 1.99. The second-order valence-corrected chi connectivity index (χ2v) is 5.75. The van der Waals surface area contributed by atoms with Gasteiger partial charge in [-0.1, -0.05) is 18.2 Å². The van der Waals surface area contributed by atoms with Crippen LogP contribution in [0.25, 0.3) is 10.8 Å². The quantitative estimate of drug-likeness (QED) is 0.645. The van der Waals surface area contributed by atoms with E-state index in [1.807, 2.05) is 41.8 Å². The van der Waals surface area contributed by atoms with Crippen LogP contribution < -0.4 is 4.74 Å². The zero-order valence-corrected chi connectivity index (χ0v) is 13.3. The van der Waals surface area contributed by atoms with Gasteiger partial charge >= 0.3 is 5.97 Å². The second kappa shape index (κ2) is 7.11. The summed E-state index contributed by atoms with van der Waals surface area (Å²) in [5, 5.41) is 1.98. The highest BCUT2D eigenvalue weighted by Crippen LogP contribution is 2.24. The minimum atomic E-state index is -0.262. The van der Waals surface area contributed by atoms with Gasteiger partial charge in [-0.05, 0) is 29.1 Å². The first kappa shape index (κ1) is 15.3. The Morgan fingerprint density at radius 2 is 2.09 bits per heavy atom. The standard InChI is InChI=1S/C17H15NO4S/c1-20-16(19)9-12-4-6-14(7-5-12)21-10-13-11-22-17(18-13)15-3-2-8-23-15/h2-8,11H,9-10H2,1H3. The third kappa shape index (κ3) is 3.98. The van der Waals surface area contributed by atoms with Crippen LogP contribution in [0, 0.1) is 0 Å². The Balaban J connectivity index is 1.57. The Morgan fingerprint density at radius 1 is 1.26 bits per heavy atom. The summed E-state index contributed by atoms with van der Waals surface area (Å²) in [6.45, 7) is 0.325. The fraction of sp³-hybridized carbons (Fsp3) is 0.176. The molecule has 6 heteroatoms. The summed E-state index contributed by atoms with van der Waals surface area (Å²) in [5.41, 5.74) is 1.61. The first-order valence-electron chi connectivity index (χ1n) is 7.01. The van der Waals surface area contributed by atoms with Gasteiger partial charge in [0.05, 0.1) is 18.4 Å². The first-order valence-corrected chi connectivity index (χ1v) is 7.89. The van der Waals surface area contributed by atoms with Crippen LogP contribution in [0.2, 0.25) is 0 Å². The Labute approximate surface area is 137 Å². The normalized spacial score (nSPS) is 10.5. The van der Waals surface area contributed by atoms with E-state index >= 15 is 0 Å². The highest BCUT2D eigenvalue weighted by atomic mass is 32.1. The summed E-state index contributed by atoms with van der Waals surface area (Å²) in [7, 11) is 1.38. The van der Waals surface area contributed by atoms with E-state index in [-0.39, 0.29) is 12.4 Å². The number of esters is 1. The van der Waals surface area contributed by atoms with Crippen molar-refractivity contribution in [1.29, 1.82) is 0 Å². The lowest BCUT2D eigenvalue weighted by molar-refractivity contribution is -0.139. The van der Waals surface area contributed by atoms with E-state index in [0.29, 0.717) is 18.2 Å². The maximum atomic E-state index is 11.2. The van der Waals surface area contributed by atoms with Crippen molar-refractivity contribution in [2.45, 2.75) is 13.0 Å². The molecule has 2 aromatic heterocycles. The van der Waals surface area contributed by atoms with Gasteiger partial charge in [-0.3, -0.25) is 4.79 Å². The average Bonchev–Trinajstić information content (AvgIpc) is 3.25. The lowest BCUT2D eigenvalue weighted by Crippen LogP contribution is -2.04. The zero-order valence-electron chi connectivity index (χ0n) is 12.5. The molecule has 5 nitrogen and oxygen atoms in total. The number of oxazole rings is 1. The molecule has 0 spiro atoms. The van der Waals surface area contributed by atoms with Crippen molar-refractivity contribution in [3.63, 3.8) is 0 Å². The van der Waals surface area contributed by atoms with E-state index in [1.54, 1.807) is 17.6 Å². The SMILES string of the molecule is COC(=O)Cc1ccc(OCc2coc(-c3cccs3)n2)cc1. The number of hydrogen-bond donors (Lipinski definition) is 0. The third-order valence-electron chi connectivity index (χ3n) is 3.17. The van der Waals surface area contributed by atoms with Crippen LogP contribution in [0.5, 0.6) is 5.75 Å². The Hall–Kier alpha value is -2.60. The van der Waals surface area contributed by atoms with Crippen LogP contribution in [-0.4, -0.2) is 18.1 Å².